The summed E-state index contributed by atoms with van der Waals surface area (Å²) in [4.78, 5) is 2.51. The highest BCUT2D eigenvalue weighted by Gasteiger charge is 2.25. The van der Waals surface area contributed by atoms with E-state index in [0.29, 0.717) is 11.5 Å². The smallest absolute Gasteiger partial charge is 0.0589 e. The van der Waals surface area contributed by atoms with E-state index >= 15 is 0 Å². The Kier molecular flexibility index (Phi) is 11.4. The number of methoxy groups -OCH3 is 2. The maximum atomic E-state index is 5.24. The van der Waals surface area contributed by atoms with Crippen LogP contribution in [0.3, 0.4) is 0 Å². The van der Waals surface area contributed by atoms with Gasteiger partial charge in [0.15, 0.2) is 0 Å². The minimum absolute atomic E-state index is 0.311. The van der Waals surface area contributed by atoms with Gasteiger partial charge in [-0.25, -0.2) is 0 Å². The molecule has 0 aromatic carbocycles. The molecule has 0 bridgehead atoms. The minimum atomic E-state index is 0.311. The molecule has 0 saturated heterocycles. The minimum Gasteiger partial charge on any atom is -0.385 e. The normalized spacial score (nSPS) is 15.0. The molecule has 0 saturated carbocycles. The van der Waals surface area contributed by atoms with Crippen molar-refractivity contribution in [1.82, 2.24) is 10.2 Å². The van der Waals surface area contributed by atoms with Crippen molar-refractivity contribution in [3.8, 4) is 0 Å². The molecule has 4 nitrogen and oxygen atoms in total. The van der Waals surface area contributed by atoms with Gasteiger partial charge in [0.2, 0.25) is 0 Å². The number of hydrogen-bond acceptors (Lipinski definition) is 4. The van der Waals surface area contributed by atoms with Crippen LogP contribution in [-0.4, -0.2) is 64.6 Å². The lowest BCUT2D eigenvalue weighted by molar-refractivity contribution is 0.0971. The topological polar surface area (TPSA) is 33.7 Å². The SMILES string of the molecule is CCC(C)(CNC(C)C)CN(CCCOC)CCOC. The molecule has 0 fully saturated rings. The van der Waals surface area contributed by atoms with Crippen molar-refractivity contribution in [2.45, 2.75) is 46.6 Å². The Morgan fingerprint density at radius 3 is 2.25 bits per heavy atom. The summed E-state index contributed by atoms with van der Waals surface area (Å²) in [5, 5.41) is 3.58. The molecule has 0 amide bonds. The third-order valence-electron chi connectivity index (χ3n) is 3.83. The summed E-state index contributed by atoms with van der Waals surface area (Å²) in [5.41, 5.74) is 0.311. The Hall–Kier alpha value is -0.160. The molecule has 0 aromatic heterocycles. The number of hydrogen-bond donors (Lipinski definition) is 1. The van der Waals surface area contributed by atoms with Gasteiger partial charge >= 0.3 is 0 Å². The van der Waals surface area contributed by atoms with Crippen molar-refractivity contribution >= 4 is 0 Å². The zero-order valence-corrected chi connectivity index (χ0v) is 14.5. The van der Waals surface area contributed by atoms with Gasteiger partial charge in [-0.05, 0) is 18.3 Å². The Morgan fingerprint density at radius 2 is 1.75 bits per heavy atom. The molecule has 1 N–H and O–H groups in total. The van der Waals surface area contributed by atoms with Crippen LogP contribution in [0.15, 0.2) is 0 Å². The molecule has 0 aromatic rings. The second-order valence-corrected chi connectivity index (χ2v) is 6.32. The second kappa shape index (κ2) is 11.5. The number of ether oxygens (including phenoxy) is 2. The monoisotopic (exact) mass is 288 g/mol. The lowest BCUT2D eigenvalue weighted by Crippen LogP contribution is -2.45. The number of nitrogens with zero attached hydrogens (tertiary/aromatic N) is 1. The largest absolute Gasteiger partial charge is 0.385 e. The molecule has 0 aliphatic carbocycles. The molecule has 0 aliphatic heterocycles. The Morgan fingerprint density at radius 1 is 1.10 bits per heavy atom. The van der Waals surface area contributed by atoms with Gasteiger partial charge in [0.25, 0.3) is 0 Å². The third-order valence-corrected chi connectivity index (χ3v) is 3.83. The van der Waals surface area contributed by atoms with E-state index in [0.717, 1.165) is 45.8 Å². The van der Waals surface area contributed by atoms with E-state index in [4.69, 9.17) is 9.47 Å². The van der Waals surface area contributed by atoms with Crippen molar-refractivity contribution in [3.63, 3.8) is 0 Å². The Balaban J connectivity index is 4.38. The standard InChI is InChI=1S/C16H36N2O2/c1-7-16(4,13-17-15(2)3)14-18(10-12-20-6)9-8-11-19-5/h15,17H,7-14H2,1-6H3. The molecule has 0 radical (unpaired) electrons. The van der Waals surface area contributed by atoms with Gasteiger partial charge in [-0.3, -0.25) is 0 Å². The van der Waals surface area contributed by atoms with Gasteiger partial charge in [-0.15, -0.1) is 0 Å². The molecule has 1 atom stereocenters. The van der Waals surface area contributed by atoms with Crippen LogP contribution in [0.4, 0.5) is 0 Å². The quantitative estimate of drug-likeness (QED) is 0.528. The van der Waals surface area contributed by atoms with Crippen LogP contribution < -0.4 is 5.32 Å². The summed E-state index contributed by atoms with van der Waals surface area (Å²) in [7, 11) is 3.54. The fraction of sp³-hybridized carbons (Fsp3) is 1.00. The molecular formula is C16H36N2O2. The molecule has 122 valence electrons. The lowest BCUT2D eigenvalue weighted by atomic mass is 9.86. The van der Waals surface area contributed by atoms with Gasteiger partial charge in [0.1, 0.15) is 0 Å². The van der Waals surface area contributed by atoms with E-state index in [9.17, 15) is 0 Å². The first kappa shape index (κ1) is 19.8. The maximum absolute atomic E-state index is 5.24. The molecule has 4 heteroatoms. The van der Waals surface area contributed by atoms with E-state index in [2.05, 4.69) is 37.9 Å². The van der Waals surface area contributed by atoms with Crippen molar-refractivity contribution < 1.29 is 9.47 Å². The fourth-order valence-corrected chi connectivity index (χ4v) is 2.21. The Labute approximate surface area is 126 Å². The number of rotatable bonds is 13. The summed E-state index contributed by atoms with van der Waals surface area (Å²) in [6, 6.07) is 0.543. The fourth-order valence-electron chi connectivity index (χ4n) is 2.21. The highest BCUT2D eigenvalue weighted by Crippen LogP contribution is 2.22. The van der Waals surface area contributed by atoms with Gasteiger partial charge in [-0.1, -0.05) is 27.7 Å². The summed E-state index contributed by atoms with van der Waals surface area (Å²) >= 11 is 0. The average Bonchev–Trinajstić information content (AvgIpc) is 2.42. The first-order valence-corrected chi connectivity index (χ1v) is 7.91. The first-order valence-electron chi connectivity index (χ1n) is 7.91. The third kappa shape index (κ3) is 9.70. The zero-order valence-electron chi connectivity index (χ0n) is 14.5. The van der Waals surface area contributed by atoms with E-state index in [-0.39, 0.29) is 0 Å². The van der Waals surface area contributed by atoms with Crippen molar-refractivity contribution in [2.75, 3.05) is 53.6 Å². The van der Waals surface area contributed by atoms with Crippen LogP contribution in [0.5, 0.6) is 0 Å². The Bertz CT molecular complexity index is 225. The highest BCUT2D eigenvalue weighted by atomic mass is 16.5. The van der Waals surface area contributed by atoms with Gasteiger partial charge < -0.3 is 19.7 Å². The molecule has 0 heterocycles. The molecule has 0 rings (SSSR count). The average molecular weight is 288 g/mol. The summed E-state index contributed by atoms with van der Waals surface area (Å²) in [5.74, 6) is 0. The number of nitrogens with one attached hydrogen (secondary N) is 1. The van der Waals surface area contributed by atoms with Crippen LogP contribution >= 0.6 is 0 Å². The van der Waals surface area contributed by atoms with Gasteiger partial charge in [-0.2, -0.15) is 0 Å². The van der Waals surface area contributed by atoms with E-state index < -0.39 is 0 Å². The van der Waals surface area contributed by atoms with Gasteiger partial charge in [0.05, 0.1) is 6.61 Å². The lowest BCUT2D eigenvalue weighted by Gasteiger charge is -2.36. The van der Waals surface area contributed by atoms with Crippen molar-refractivity contribution in [2.24, 2.45) is 5.41 Å². The van der Waals surface area contributed by atoms with Crippen LogP contribution in [0.1, 0.15) is 40.5 Å². The summed E-state index contributed by atoms with van der Waals surface area (Å²) < 4.78 is 10.4. The predicted molar refractivity (Wildman–Crippen MR) is 86.3 cm³/mol. The van der Waals surface area contributed by atoms with E-state index in [1.54, 1.807) is 14.2 Å². The first-order chi connectivity index (χ1) is 9.47. The van der Waals surface area contributed by atoms with E-state index in [1.165, 1.54) is 6.42 Å². The highest BCUT2D eigenvalue weighted by molar-refractivity contribution is 4.80. The summed E-state index contributed by atoms with van der Waals surface area (Å²) in [6.07, 6.45) is 2.26. The molecule has 20 heavy (non-hydrogen) atoms. The van der Waals surface area contributed by atoms with Crippen molar-refractivity contribution in [1.29, 1.82) is 0 Å². The molecular weight excluding hydrogens is 252 g/mol. The van der Waals surface area contributed by atoms with Crippen LogP contribution in [-0.2, 0) is 9.47 Å². The van der Waals surface area contributed by atoms with Crippen LogP contribution in [0, 0.1) is 5.41 Å². The van der Waals surface area contributed by atoms with E-state index in [1.807, 2.05) is 0 Å². The predicted octanol–water partition coefficient (Wildman–Crippen LogP) is 2.39. The van der Waals surface area contributed by atoms with Crippen LogP contribution in [0.2, 0.25) is 0 Å². The second-order valence-electron chi connectivity index (χ2n) is 6.32. The maximum Gasteiger partial charge on any atom is 0.0589 e. The molecule has 1 unspecified atom stereocenters. The summed E-state index contributed by atoms with van der Waals surface area (Å²) in [6.45, 7) is 14.9. The zero-order chi connectivity index (χ0) is 15.4. The van der Waals surface area contributed by atoms with Gasteiger partial charge in [0, 0.05) is 53.0 Å². The van der Waals surface area contributed by atoms with Crippen molar-refractivity contribution in [3.05, 3.63) is 0 Å². The molecule has 0 spiro atoms. The van der Waals surface area contributed by atoms with Crippen LogP contribution in [0.25, 0.3) is 0 Å². The molecule has 0 aliphatic rings.